The molecule has 1 saturated carbocycles. The van der Waals surface area contributed by atoms with Crippen LogP contribution in [0.2, 0.25) is 0 Å². The first-order valence-electron chi connectivity index (χ1n) is 5.80. The molecule has 1 aliphatic carbocycles. The summed E-state index contributed by atoms with van der Waals surface area (Å²) in [4.78, 5) is 0. The number of sulfonamides is 1. The Bertz CT molecular complexity index is 303. The summed E-state index contributed by atoms with van der Waals surface area (Å²) in [6, 6.07) is 0.517. The molecule has 0 aromatic rings. The van der Waals surface area contributed by atoms with E-state index in [2.05, 4.69) is 5.32 Å². The molecule has 0 radical (unpaired) electrons. The Morgan fingerprint density at radius 3 is 2.33 bits per heavy atom. The van der Waals surface area contributed by atoms with Crippen molar-refractivity contribution < 1.29 is 8.42 Å². The third kappa shape index (κ3) is 3.43. The van der Waals surface area contributed by atoms with E-state index in [0.717, 1.165) is 18.8 Å². The smallest absolute Gasteiger partial charge is 0.213 e. The SMILES string of the molecule is NS(=O)(=O)C1CCC(CCC2CC2)NC1. The van der Waals surface area contributed by atoms with Crippen molar-refractivity contribution >= 4 is 10.0 Å². The van der Waals surface area contributed by atoms with Crippen LogP contribution in [0.1, 0.15) is 38.5 Å². The van der Waals surface area contributed by atoms with Crippen LogP contribution in [0.4, 0.5) is 0 Å². The molecule has 0 aromatic heterocycles. The van der Waals surface area contributed by atoms with E-state index in [1.54, 1.807) is 0 Å². The maximum atomic E-state index is 11.1. The largest absolute Gasteiger partial charge is 0.313 e. The lowest BCUT2D eigenvalue weighted by molar-refractivity contribution is 0.368. The summed E-state index contributed by atoms with van der Waals surface area (Å²) in [5, 5.41) is 8.05. The molecule has 0 amide bonds. The fourth-order valence-electron chi connectivity index (χ4n) is 2.26. The fourth-order valence-corrected chi connectivity index (χ4v) is 3.05. The summed E-state index contributed by atoms with van der Waals surface area (Å²) in [6.07, 6.45) is 6.97. The molecule has 3 N–H and O–H groups in total. The monoisotopic (exact) mass is 232 g/mol. The van der Waals surface area contributed by atoms with Crippen molar-refractivity contribution in [2.24, 2.45) is 11.1 Å². The minimum atomic E-state index is -3.33. The van der Waals surface area contributed by atoms with Crippen molar-refractivity contribution in [1.82, 2.24) is 5.32 Å². The van der Waals surface area contributed by atoms with Crippen LogP contribution in [-0.4, -0.2) is 26.3 Å². The highest BCUT2D eigenvalue weighted by molar-refractivity contribution is 7.89. The Morgan fingerprint density at radius 2 is 1.87 bits per heavy atom. The number of primary sulfonamides is 1. The molecule has 4 nitrogen and oxygen atoms in total. The van der Waals surface area contributed by atoms with E-state index in [1.807, 2.05) is 0 Å². The maximum absolute atomic E-state index is 11.1. The number of nitrogens with one attached hydrogen (secondary N) is 1. The Labute approximate surface area is 91.7 Å². The van der Waals surface area contributed by atoms with Gasteiger partial charge in [-0.15, -0.1) is 0 Å². The molecule has 1 saturated heterocycles. The van der Waals surface area contributed by atoms with Gasteiger partial charge in [-0.2, -0.15) is 0 Å². The van der Waals surface area contributed by atoms with Crippen LogP contribution < -0.4 is 10.5 Å². The van der Waals surface area contributed by atoms with E-state index in [1.165, 1.54) is 25.7 Å². The third-order valence-corrected chi connectivity index (χ3v) is 4.89. The third-order valence-electron chi connectivity index (χ3n) is 3.56. The van der Waals surface area contributed by atoms with Gasteiger partial charge in [-0.05, 0) is 31.6 Å². The summed E-state index contributed by atoms with van der Waals surface area (Å²) in [5.41, 5.74) is 0. The second kappa shape index (κ2) is 4.39. The minimum Gasteiger partial charge on any atom is -0.313 e. The van der Waals surface area contributed by atoms with Gasteiger partial charge in [0, 0.05) is 12.6 Å². The molecule has 5 heteroatoms. The first-order chi connectivity index (χ1) is 7.05. The maximum Gasteiger partial charge on any atom is 0.213 e. The molecular formula is C10H20N2O2S. The molecule has 2 atom stereocenters. The van der Waals surface area contributed by atoms with Gasteiger partial charge in [0.1, 0.15) is 0 Å². The second-order valence-electron chi connectivity index (χ2n) is 4.91. The van der Waals surface area contributed by atoms with E-state index in [4.69, 9.17) is 5.14 Å². The predicted octanol–water partition coefficient (Wildman–Crippen LogP) is 0.586. The van der Waals surface area contributed by atoms with Gasteiger partial charge in [0.15, 0.2) is 0 Å². The van der Waals surface area contributed by atoms with Crippen LogP contribution in [0.3, 0.4) is 0 Å². The normalized spacial score (nSPS) is 32.9. The summed E-state index contributed by atoms with van der Waals surface area (Å²) < 4.78 is 22.2. The molecule has 2 rings (SSSR count). The molecular weight excluding hydrogens is 212 g/mol. The van der Waals surface area contributed by atoms with Crippen LogP contribution in [-0.2, 0) is 10.0 Å². The Hall–Kier alpha value is -0.130. The summed E-state index contributed by atoms with van der Waals surface area (Å²) >= 11 is 0. The molecule has 0 bridgehead atoms. The average molecular weight is 232 g/mol. The van der Waals surface area contributed by atoms with Gasteiger partial charge >= 0.3 is 0 Å². The van der Waals surface area contributed by atoms with Crippen LogP contribution in [0.25, 0.3) is 0 Å². The summed E-state index contributed by atoms with van der Waals surface area (Å²) in [5.74, 6) is 0.961. The lowest BCUT2D eigenvalue weighted by atomic mass is 9.99. The Kier molecular flexibility index (Phi) is 3.33. The van der Waals surface area contributed by atoms with Crippen molar-refractivity contribution in [2.75, 3.05) is 6.54 Å². The number of rotatable bonds is 4. The van der Waals surface area contributed by atoms with Crippen LogP contribution in [0.5, 0.6) is 0 Å². The number of hydrogen-bond donors (Lipinski definition) is 2. The van der Waals surface area contributed by atoms with Crippen molar-refractivity contribution in [3.05, 3.63) is 0 Å². The minimum absolute atomic E-state index is 0.366. The van der Waals surface area contributed by atoms with E-state index < -0.39 is 10.0 Å². The van der Waals surface area contributed by atoms with Crippen LogP contribution >= 0.6 is 0 Å². The summed E-state index contributed by atoms with van der Waals surface area (Å²) in [7, 11) is -3.33. The van der Waals surface area contributed by atoms with Crippen LogP contribution in [0.15, 0.2) is 0 Å². The topological polar surface area (TPSA) is 72.2 Å². The van der Waals surface area contributed by atoms with Gasteiger partial charge in [0.25, 0.3) is 0 Å². The lowest BCUT2D eigenvalue weighted by Crippen LogP contribution is -2.46. The molecule has 2 aliphatic rings. The standard InChI is InChI=1S/C10H20N2O2S/c11-15(13,14)10-6-5-9(12-7-10)4-3-8-1-2-8/h8-10,12H,1-7H2,(H2,11,13,14). The Morgan fingerprint density at radius 1 is 1.13 bits per heavy atom. The lowest BCUT2D eigenvalue weighted by Gasteiger charge is -2.28. The first kappa shape index (κ1) is 11.4. The fraction of sp³-hybridized carbons (Fsp3) is 1.00. The van der Waals surface area contributed by atoms with Gasteiger partial charge in [-0.3, -0.25) is 0 Å². The van der Waals surface area contributed by atoms with Crippen molar-refractivity contribution in [3.63, 3.8) is 0 Å². The zero-order valence-electron chi connectivity index (χ0n) is 8.98. The molecule has 0 aromatic carbocycles. The average Bonchev–Trinajstić information content (AvgIpc) is 2.97. The van der Waals surface area contributed by atoms with Crippen LogP contribution in [0, 0.1) is 5.92 Å². The summed E-state index contributed by atoms with van der Waals surface area (Å²) in [6.45, 7) is 0.536. The van der Waals surface area contributed by atoms with E-state index in [0.29, 0.717) is 12.6 Å². The molecule has 15 heavy (non-hydrogen) atoms. The zero-order chi connectivity index (χ0) is 10.9. The number of nitrogens with two attached hydrogens (primary N) is 1. The molecule has 0 spiro atoms. The van der Waals surface area contributed by atoms with E-state index in [9.17, 15) is 8.42 Å². The molecule has 2 fully saturated rings. The second-order valence-corrected chi connectivity index (χ2v) is 6.76. The highest BCUT2D eigenvalue weighted by Gasteiger charge is 2.29. The van der Waals surface area contributed by atoms with E-state index in [-0.39, 0.29) is 5.25 Å². The van der Waals surface area contributed by atoms with Gasteiger partial charge in [0.2, 0.25) is 10.0 Å². The van der Waals surface area contributed by atoms with Gasteiger partial charge < -0.3 is 5.32 Å². The zero-order valence-corrected chi connectivity index (χ0v) is 9.80. The highest BCUT2D eigenvalue weighted by Crippen LogP contribution is 2.34. The molecule has 1 aliphatic heterocycles. The number of piperidine rings is 1. The first-order valence-corrected chi connectivity index (χ1v) is 7.41. The van der Waals surface area contributed by atoms with Gasteiger partial charge in [0.05, 0.1) is 5.25 Å². The van der Waals surface area contributed by atoms with Gasteiger partial charge in [-0.25, -0.2) is 13.6 Å². The molecule has 88 valence electrons. The predicted molar refractivity (Wildman–Crippen MR) is 59.9 cm³/mol. The van der Waals surface area contributed by atoms with Crippen molar-refractivity contribution in [1.29, 1.82) is 0 Å². The van der Waals surface area contributed by atoms with Crippen molar-refractivity contribution in [3.8, 4) is 0 Å². The van der Waals surface area contributed by atoms with E-state index >= 15 is 0 Å². The number of hydrogen-bond acceptors (Lipinski definition) is 3. The Balaban J connectivity index is 1.71. The molecule has 2 unspecified atom stereocenters. The van der Waals surface area contributed by atoms with Gasteiger partial charge in [-0.1, -0.05) is 12.8 Å². The highest BCUT2D eigenvalue weighted by atomic mass is 32.2. The molecule has 1 heterocycles. The quantitative estimate of drug-likeness (QED) is 0.745. The van der Waals surface area contributed by atoms with Crippen molar-refractivity contribution in [2.45, 2.75) is 49.8 Å².